The van der Waals surface area contributed by atoms with Crippen molar-refractivity contribution in [2.45, 2.75) is 64.7 Å². The van der Waals surface area contributed by atoms with Gasteiger partial charge >= 0.3 is 0 Å². The van der Waals surface area contributed by atoms with Crippen molar-refractivity contribution in [3.05, 3.63) is 29.3 Å². The number of fused-ring (bicyclic) bond motifs is 1. The minimum Gasteiger partial charge on any atom is -0.374 e. The molecule has 2 atom stereocenters. The number of rotatable bonds is 5. The van der Waals surface area contributed by atoms with E-state index < -0.39 is 12.1 Å². The van der Waals surface area contributed by atoms with Gasteiger partial charge in [0.15, 0.2) is 5.78 Å². The van der Waals surface area contributed by atoms with E-state index in [4.69, 9.17) is 0 Å². The van der Waals surface area contributed by atoms with Crippen LogP contribution in [0.3, 0.4) is 0 Å². The third-order valence-corrected chi connectivity index (χ3v) is 5.01. The summed E-state index contributed by atoms with van der Waals surface area (Å²) in [5.41, 5.74) is 2.05. The Bertz CT molecular complexity index is 802. The van der Waals surface area contributed by atoms with Crippen LogP contribution in [0, 0.1) is 0 Å². The molecule has 2 aliphatic rings. The van der Waals surface area contributed by atoms with E-state index in [1.54, 1.807) is 24.0 Å². The first-order chi connectivity index (χ1) is 12.8. The highest BCUT2D eigenvalue weighted by molar-refractivity contribution is 6.08. The summed E-state index contributed by atoms with van der Waals surface area (Å²) in [5, 5.41) is 6.03. The van der Waals surface area contributed by atoms with Crippen LogP contribution in [0.5, 0.6) is 0 Å². The molecule has 0 saturated heterocycles. The lowest BCUT2D eigenvalue weighted by Crippen LogP contribution is -2.44. The van der Waals surface area contributed by atoms with Crippen LogP contribution in [0.4, 0.5) is 5.69 Å². The first-order valence-electron chi connectivity index (χ1n) is 9.32. The molecule has 27 heavy (non-hydrogen) atoms. The van der Waals surface area contributed by atoms with Gasteiger partial charge in [-0.3, -0.25) is 19.2 Å². The van der Waals surface area contributed by atoms with Crippen molar-refractivity contribution in [2.24, 2.45) is 0 Å². The van der Waals surface area contributed by atoms with Crippen LogP contribution in [0.15, 0.2) is 18.2 Å². The number of carbonyl (C=O) groups is 4. The number of hydrogen-bond acceptors (Lipinski definition) is 5. The average molecular weight is 371 g/mol. The number of nitrogens with zero attached hydrogens (tertiary/aromatic N) is 1. The van der Waals surface area contributed by atoms with Gasteiger partial charge in [0.05, 0.1) is 12.5 Å². The molecule has 2 N–H and O–H groups in total. The third-order valence-electron chi connectivity index (χ3n) is 5.01. The number of anilines is 1. The highest BCUT2D eigenvalue weighted by Crippen LogP contribution is 2.33. The van der Waals surface area contributed by atoms with Gasteiger partial charge in [0, 0.05) is 35.8 Å². The molecule has 7 nitrogen and oxygen atoms in total. The molecule has 1 saturated carbocycles. The fraction of sp³-hybridized carbons (Fsp3) is 0.500. The van der Waals surface area contributed by atoms with Crippen molar-refractivity contribution < 1.29 is 19.2 Å². The Labute approximate surface area is 158 Å². The Balaban J connectivity index is 1.78. The number of benzene rings is 1. The van der Waals surface area contributed by atoms with Gasteiger partial charge in [-0.1, -0.05) is 6.07 Å². The first-order valence-corrected chi connectivity index (χ1v) is 9.32. The molecule has 0 aromatic heterocycles. The van der Waals surface area contributed by atoms with Crippen LogP contribution < -0.4 is 10.6 Å². The van der Waals surface area contributed by atoms with E-state index in [2.05, 4.69) is 10.6 Å². The number of ketones is 2. The maximum Gasteiger partial charge on any atom is 0.255 e. The Morgan fingerprint density at radius 2 is 1.93 bits per heavy atom. The lowest BCUT2D eigenvalue weighted by atomic mass is 9.92. The second-order valence-electron chi connectivity index (χ2n) is 7.53. The van der Waals surface area contributed by atoms with Crippen molar-refractivity contribution in [1.82, 2.24) is 10.2 Å². The predicted molar refractivity (Wildman–Crippen MR) is 100 cm³/mol. The third kappa shape index (κ3) is 3.86. The van der Waals surface area contributed by atoms with E-state index in [1.165, 1.54) is 0 Å². The molecular weight excluding hydrogens is 346 g/mol. The van der Waals surface area contributed by atoms with E-state index >= 15 is 0 Å². The molecule has 0 bridgehead atoms. The summed E-state index contributed by atoms with van der Waals surface area (Å²) in [5.74, 6) is -0.565. The number of carbonyl (C=O) groups excluding carboxylic acids is 4. The first kappa shape index (κ1) is 19.1. The lowest BCUT2D eigenvalue weighted by molar-refractivity contribution is -0.133. The molecule has 1 aliphatic heterocycles. The maximum atomic E-state index is 12.8. The highest BCUT2D eigenvalue weighted by Gasteiger charge is 2.39. The summed E-state index contributed by atoms with van der Waals surface area (Å²) in [6, 6.07) is 4.37. The quantitative estimate of drug-likeness (QED) is 0.768. The molecule has 144 valence electrons. The van der Waals surface area contributed by atoms with Gasteiger partial charge < -0.3 is 15.5 Å². The van der Waals surface area contributed by atoms with Gasteiger partial charge in [-0.2, -0.15) is 0 Å². The topological polar surface area (TPSA) is 95.6 Å². The molecule has 0 radical (unpaired) electrons. The van der Waals surface area contributed by atoms with E-state index in [1.807, 2.05) is 19.9 Å². The van der Waals surface area contributed by atoms with Gasteiger partial charge in [-0.05, 0) is 39.3 Å². The van der Waals surface area contributed by atoms with Crippen molar-refractivity contribution in [3.63, 3.8) is 0 Å². The number of nitrogens with one attached hydrogen (secondary N) is 2. The molecule has 1 aliphatic carbocycles. The van der Waals surface area contributed by atoms with Gasteiger partial charge in [-0.15, -0.1) is 0 Å². The van der Waals surface area contributed by atoms with Gasteiger partial charge in [0.2, 0.25) is 5.91 Å². The number of hydrogen-bond donors (Lipinski definition) is 2. The fourth-order valence-electron chi connectivity index (χ4n) is 3.64. The molecule has 3 rings (SSSR count). The summed E-state index contributed by atoms with van der Waals surface area (Å²) >= 11 is 0. The van der Waals surface area contributed by atoms with E-state index in [-0.39, 0.29) is 35.8 Å². The average Bonchev–Trinajstić information content (AvgIpc) is 2.92. The van der Waals surface area contributed by atoms with Crippen molar-refractivity contribution in [2.75, 3.05) is 5.32 Å². The molecular formula is C20H25N3O4. The van der Waals surface area contributed by atoms with Crippen LogP contribution in [0.25, 0.3) is 0 Å². The summed E-state index contributed by atoms with van der Waals surface area (Å²) in [6.45, 7) is 5.86. The maximum absolute atomic E-state index is 12.8. The fourth-order valence-corrected chi connectivity index (χ4v) is 3.64. The van der Waals surface area contributed by atoms with Gasteiger partial charge in [-0.25, -0.2) is 0 Å². The molecule has 1 heterocycles. The van der Waals surface area contributed by atoms with Crippen LogP contribution in [-0.4, -0.2) is 46.4 Å². The molecule has 1 aromatic rings. The molecule has 7 heteroatoms. The zero-order chi connectivity index (χ0) is 19.7. The van der Waals surface area contributed by atoms with E-state index in [0.717, 1.165) is 5.56 Å². The van der Waals surface area contributed by atoms with E-state index in [9.17, 15) is 19.2 Å². The molecule has 1 aromatic carbocycles. The SMILES string of the molecule is CC(C)NC(=O)C(C)Nc1cccc2c1CN(C1CCC(=O)CC1=O)C2=O. The predicted octanol–water partition coefficient (Wildman–Crippen LogP) is 1.66. The summed E-state index contributed by atoms with van der Waals surface area (Å²) in [7, 11) is 0. The molecule has 0 spiro atoms. The summed E-state index contributed by atoms with van der Waals surface area (Å²) in [4.78, 5) is 50.3. The summed E-state index contributed by atoms with van der Waals surface area (Å²) < 4.78 is 0. The largest absolute Gasteiger partial charge is 0.374 e. The second-order valence-corrected chi connectivity index (χ2v) is 7.53. The summed E-state index contributed by atoms with van der Waals surface area (Å²) in [6.07, 6.45) is 0.615. The van der Waals surface area contributed by atoms with Gasteiger partial charge in [0.25, 0.3) is 5.91 Å². The van der Waals surface area contributed by atoms with Gasteiger partial charge in [0.1, 0.15) is 11.8 Å². The minimum absolute atomic E-state index is 0.0420. The highest BCUT2D eigenvalue weighted by atomic mass is 16.2. The molecule has 2 amide bonds. The normalized spacial score (nSPS) is 20.7. The number of amides is 2. The molecule has 2 unspecified atom stereocenters. The minimum atomic E-state index is -0.544. The Morgan fingerprint density at radius 1 is 1.19 bits per heavy atom. The standard InChI is InChI=1S/C20H25N3O4/c1-11(2)21-19(26)12(3)22-16-6-4-5-14-15(16)10-23(20(14)27)17-8-7-13(24)9-18(17)25/h4-6,11-12,17,22H,7-10H2,1-3H3,(H,21,26). The number of Topliss-reactive ketones (excluding diaryl/α,β-unsaturated/α-hetero) is 2. The smallest absolute Gasteiger partial charge is 0.255 e. The van der Waals surface area contributed by atoms with Crippen LogP contribution in [-0.2, 0) is 20.9 Å². The lowest BCUT2D eigenvalue weighted by Gasteiger charge is -2.29. The Morgan fingerprint density at radius 3 is 2.59 bits per heavy atom. The van der Waals surface area contributed by atoms with Crippen molar-refractivity contribution in [3.8, 4) is 0 Å². The Hall–Kier alpha value is -2.70. The van der Waals surface area contributed by atoms with E-state index in [0.29, 0.717) is 30.6 Å². The van der Waals surface area contributed by atoms with Crippen LogP contribution >= 0.6 is 0 Å². The molecule has 1 fully saturated rings. The monoisotopic (exact) mass is 371 g/mol. The second kappa shape index (κ2) is 7.50. The van der Waals surface area contributed by atoms with Crippen molar-refractivity contribution in [1.29, 1.82) is 0 Å². The zero-order valence-electron chi connectivity index (χ0n) is 15.9. The zero-order valence-corrected chi connectivity index (χ0v) is 15.9. The van der Waals surface area contributed by atoms with Crippen LogP contribution in [0.1, 0.15) is 56.0 Å². The van der Waals surface area contributed by atoms with Crippen LogP contribution in [0.2, 0.25) is 0 Å². The van der Waals surface area contributed by atoms with Crippen molar-refractivity contribution >= 4 is 29.1 Å². The Kier molecular flexibility index (Phi) is 5.30.